The number of carboxylic acids is 1. The first kappa shape index (κ1) is 12.3. The van der Waals surface area contributed by atoms with Gasteiger partial charge in [0.2, 0.25) is 0 Å². The third kappa shape index (κ3) is 4.51. The number of hydrogen-bond donors (Lipinski definition) is 2. The predicted octanol–water partition coefficient (Wildman–Crippen LogP) is 2.56. The minimum Gasteiger partial charge on any atom is -0.481 e. The number of hydrogen-bond acceptors (Lipinski definition) is 2. The molecule has 0 bridgehead atoms. The summed E-state index contributed by atoms with van der Waals surface area (Å²) in [5.74, 6) is -0.809. The summed E-state index contributed by atoms with van der Waals surface area (Å²) in [5.41, 5.74) is 0.981. The molecule has 0 amide bonds. The lowest BCUT2D eigenvalue weighted by molar-refractivity contribution is -0.136. The molecule has 15 heavy (non-hydrogen) atoms. The molecular weight excluding hydrogens is 237 g/mol. The number of rotatable bonds is 5. The molecule has 0 saturated heterocycles. The van der Waals surface area contributed by atoms with Crippen molar-refractivity contribution >= 4 is 29.2 Å². The normalized spacial score (nSPS) is 10.3. The molecule has 0 fully saturated rings. The number of aliphatic carboxylic acids is 1. The van der Waals surface area contributed by atoms with Gasteiger partial charge in [-0.3, -0.25) is 4.79 Å². The van der Waals surface area contributed by atoms with E-state index in [1.807, 2.05) is 6.07 Å². The van der Waals surface area contributed by atoms with Gasteiger partial charge in [0.15, 0.2) is 0 Å². The summed E-state index contributed by atoms with van der Waals surface area (Å²) < 4.78 is 0. The van der Waals surface area contributed by atoms with Gasteiger partial charge in [-0.05, 0) is 17.7 Å². The van der Waals surface area contributed by atoms with Crippen LogP contribution in [0.2, 0.25) is 10.0 Å². The van der Waals surface area contributed by atoms with E-state index in [0.717, 1.165) is 5.56 Å². The lowest BCUT2D eigenvalue weighted by Gasteiger charge is -2.04. The summed E-state index contributed by atoms with van der Waals surface area (Å²) in [4.78, 5) is 10.2. The molecule has 0 aliphatic heterocycles. The smallest absolute Gasteiger partial charge is 0.304 e. The molecule has 0 aliphatic carbocycles. The zero-order valence-corrected chi connectivity index (χ0v) is 9.48. The van der Waals surface area contributed by atoms with Crippen LogP contribution in [0.5, 0.6) is 0 Å². The maximum atomic E-state index is 10.2. The number of benzene rings is 1. The summed E-state index contributed by atoms with van der Waals surface area (Å²) in [6, 6.07) is 5.33. The van der Waals surface area contributed by atoms with Gasteiger partial charge in [-0.1, -0.05) is 29.3 Å². The molecule has 0 spiro atoms. The molecule has 3 nitrogen and oxygen atoms in total. The maximum Gasteiger partial charge on any atom is 0.304 e. The van der Waals surface area contributed by atoms with Crippen LogP contribution in [-0.2, 0) is 11.3 Å². The molecular formula is C10H11Cl2NO2. The Kier molecular flexibility index (Phi) is 4.88. The maximum absolute atomic E-state index is 10.2. The average Bonchev–Trinajstić information content (AvgIpc) is 2.18. The van der Waals surface area contributed by atoms with E-state index in [1.165, 1.54) is 0 Å². The fraction of sp³-hybridized carbons (Fsp3) is 0.300. The lowest BCUT2D eigenvalue weighted by atomic mass is 10.2. The van der Waals surface area contributed by atoms with Crippen molar-refractivity contribution < 1.29 is 9.90 Å². The van der Waals surface area contributed by atoms with Gasteiger partial charge >= 0.3 is 5.97 Å². The SMILES string of the molecule is O=C(O)CCNCc1ccc(Cl)c(Cl)c1. The Labute approximate surface area is 98.0 Å². The van der Waals surface area contributed by atoms with Crippen LogP contribution in [0.4, 0.5) is 0 Å². The van der Waals surface area contributed by atoms with Gasteiger partial charge in [-0.15, -0.1) is 0 Å². The second-order valence-electron chi connectivity index (χ2n) is 3.07. The van der Waals surface area contributed by atoms with Crippen LogP contribution >= 0.6 is 23.2 Å². The largest absolute Gasteiger partial charge is 0.481 e. The van der Waals surface area contributed by atoms with Crippen LogP contribution < -0.4 is 5.32 Å². The Balaban J connectivity index is 2.38. The van der Waals surface area contributed by atoms with E-state index in [4.69, 9.17) is 28.3 Å². The topological polar surface area (TPSA) is 49.3 Å². The summed E-state index contributed by atoms with van der Waals surface area (Å²) in [6.07, 6.45) is 0.112. The van der Waals surface area contributed by atoms with Crippen molar-refractivity contribution in [1.82, 2.24) is 5.32 Å². The Morgan fingerprint density at radius 2 is 2.07 bits per heavy atom. The number of carbonyl (C=O) groups is 1. The summed E-state index contributed by atoms with van der Waals surface area (Å²) in [6.45, 7) is 1.03. The Bertz CT molecular complexity index is 355. The molecule has 0 unspecified atom stereocenters. The molecule has 0 atom stereocenters. The monoisotopic (exact) mass is 247 g/mol. The highest BCUT2D eigenvalue weighted by Crippen LogP contribution is 2.22. The number of nitrogens with one attached hydrogen (secondary N) is 1. The first-order valence-electron chi connectivity index (χ1n) is 4.46. The first-order valence-corrected chi connectivity index (χ1v) is 5.21. The van der Waals surface area contributed by atoms with E-state index in [1.54, 1.807) is 12.1 Å². The third-order valence-electron chi connectivity index (χ3n) is 1.83. The van der Waals surface area contributed by atoms with E-state index in [0.29, 0.717) is 23.1 Å². The van der Waals surface area contributed by atoms with Gasteiger partial charge in [0.1, 0.15) is 0 Å². The van der Waals surface area contributed by atoms with Gasteiger partial charge < -0.3 is 10.4 Å². The van der Waals surface area contributed by atoms with E-state index in [9.17, 15) is 4.79 Å². The number of halogens is 2. The van der Waals surface area contributed by atoms with E-state index in [2.05, 4.69) is 5.32 Å². The molecule has 0 saturated carbocycles. The zero-order valence-electron chi connectivity index (χ0n) is 7.96. The van der Waals surface area contributed by atoms with Gasteiger partial charge in [0.05, 0.1) is 16.5 Å². The quantitative estimate of drug-likeness (QED) is 0.787. The summed E-state index contributed by atoms with van der Waals surface area (Å²) in [5, 5.41) is 12.4. The predicted molar refractivity (Wildman–Crippen MR) is 60.4 cm³/mol. The van der Waals surface area contributed by atoms with E-state index in [-0.39, 0.29) is 6.42 Å². The first-order chi connectivity index (χ1) is 7.09. The van der Waals surface area contributed by atoms with Gasteiger partial charge in [-0.2, -0.15) is 0 Å². The molecule has 0 aromatic heterocycles. The van der Waals surface area contributed by atoms with Gasteiger partial charge in [0, 0.05) is 13.1 Å². The molecule has 5 heteroatoms. The van der Waals surface area contributed by atoms with Crippen molar-refractivity contribution in [3.05, 3.63) is 33.8 Å². The Morgan fingerprint density at radius 1 is 1.33 bits per heavy atom. The van der Waals surface area contributed by atoms with Crippen LogP contribution in [0.3, 0.4) is 0 Å². The number of carboxylic acid groups (broad SMARTS) is 1. The van der Waals surface area contributed by atoms with Gasteiger partial charge in [-0.25, -0.2) is 0 Å². The van der Waals surface area contributed by atoms with Crippen LogP contribution in [0.25, 0.3) is 0 Å². The molecule has 82 valence electrons. The Morgan fingerprint density at radius 3 is 2.67 bits per heavy atom. The average molecular weight is 248 g/mol. The molecule has 2 N–H and O–H groups in total. The van der Waals surface area contributed by atoms with Crippen LogP contribution in [0.1, 0.15) is 12.0 Å². The molecule has 0 heterocycles. The highest BCUT2D eigenvalue weighted by Gasteiger charge is 2.00. The lowest BCUT2D eigenvalue weighted by Crippen LogP contribution is -2.17. The van der Waals surface area contributed by atoms with Crippen molar-refractivity contribution in [2.75, 3.05) is 6.54 Å². The zero-order chi connectivity index (χ0) is 11.3. The van der Waals surface area contributed by atoms with Crippen molar-refractivity contribution in [2.24, 2.45) is 0 Å². The van der Waals surface area contributed by atoms with Crippen molar-refractivity contribution in [3.63, 3.8) is 0 Å². The van der Waals surface area contributed by atoms with Crippen molar-refractivity contribution in [2.45, 2.75) is 13.0 Å². The second kappa shape index (κ2) is 5.95. The molecule has 0 aliphatic rings. The second-order valence-corrected chi connectivity index (χ2v) is 3.88. The van der Waals surface area contributed by atoms with Crippen LogP contribution in [0.15, 0.2) is 18.2 Å². The molecule has 1 rings (SSSR count). The highest BCUT2D eigenvalue weighted by molar-refractivity contribution is 6.42. The minimum absolute atomic E-state index is 0.112. The molecule has 1 aromatic carbocycles. The molecule has 0 radical (unpaired) electrons. The standard InChI is InChI=1S/C10H11Cl2NO2/c11-8-2-1-7(5-9(8)12)6-13-4-3-10(14)15/h1-2,5,13H,3-4,6H2,(H,14,15). The van der Waals surface area contributed by atoms with E-state index >= 15 is 0 Å². The minimum atomic E-state index is -0.809. The van der Waals surface area contributed by atoms with Gasteiger partial charge in [0.25, 0.3) is 0 Å². The van der Waals surface area contributed by atoms with Crippen LogP contribution in [-0.4, -0.2) is 17.6 Å². The van der Waals surface area contributed by atoms with E-state index < -0.39 is 5.97 Å². The Hall–Kier alpha value is -0.770. The summed E-state index contributed by atoms with van der Waals surface area (Å²) in [7, 11) is 0. The fourth-order valence-electron chi connectivity index (χ4n) is 1.08. The summed E-state index contributed by atoms with van der Waals surface area (Å²) >= 11 is 11.6. The van der Waals surface area contributed by atoms with Crippen LogP contribution in [0, 0.1) is 0 Å². The fourth-order valence-corrected chi connectivity index (χ4v) is 1.40. The molecule has 1 aromatic rings. The highest BCUT2D eigenvalue weighted by atomic mass is 35.5. The van der Waals surface area contributed by atoms with Crippen molar-refractivity contribution in [3.8, 4) is 0 Å². The third-order valence-corrected chi connectivity index (χ3v) is 2.57. The van der Waals surface area contributed by atoms with Crippen molar-refractivity contribution in [1.29, 1.82) is 0 Å².